The number of fused-ring (bicyclic) bond motifs is 1. The molecule has 2 N–H and O–H groups in total. The number of anilines is 1. The molecule has 1 aliphatic rings. The molecule has 0 aliphatic carbocycles. The lowest BCUT2D eigenvalue weighted by molar-refractivity contribution is -0.116. The van der Waals surface area contributed by atoms with Crippen LogP contribution in [0, 0.1) is 13.8 Å². The third-order valence-corrected chi connectivity index (χ3v) is 6.08. The summed E-state index contributed by atoms with van der Waals surface area (Å²) in [4.78, 5) is 13.1. The number of carbonyl (C=O) groups is 1. The van der Waals surface area contributed by atoms with Crippen molar-refractivity contribution in [2.75, 3.05) is 10.7 Å². The van der Waals surface area contributed by atoms with Gasteiger partial charge in [0.05, 0.1) is 6.04 Å². The molecule has 1 amide bonds. The fraction of sp³-hybridized carbons (Fsp3) is 0.211. The van der Waals surface area contributed by atoms with Crippen molar-refractivity contribution in [3.63, 3.8) is 0 Å². The third-order valence-electron chi connectivity index (χ3n) is 4.45. The minimum Gasteiger partial charge on any atom is -0.325 e. The SMILES string of the molecule is Cc1ccc(NC(=O)C2Sc3nnc(C)n3NC2c2ccccc2)cc1Cl. The van der Waals surface area contributed by atoms with Gasteiger partial charge in [-0.25, -0.2) is 4.68 Å². The fourth-order valence-corrected chi connectivity index (χ4v) is 4.26. The molecule has 2 aromatic carbocycles. The summed E-state index contributed by atoms with van der Waals surface area (Å²) in [5.74, 6) is 0.635. The average Bonchev–Trinajstić information content (AvgIpc) is 3.04. The van der Waals surface area contributed by atoms with Gasteiger partial charge in [-0.1, -0.05) is 59.8 Å². The van der Waals surface area contributed by atoms with Crippen LogP contribution in [0.1, 0.15) is 23.0 Å². The normalized spacial score (nSPS) is 18.5. The molecule has 2 atom stereocenters. The topological polar surface area (TPSA) is 71.8 Å². The molecular formula is C19H18ClN5OS. The molecule has 0 fully saturated rings. The largest absolute Gasteiger partial charge is 0.325 e. The maximum Gasteiger partial charge on any atom is 0.240 e. The number of halogens is 1. The molecule has 3 aromatic rings. The number of aromatic nitrogens is 3. The van der Waals surface area contributed by atoms with Gasteiger partial charge in [-0.05, 0) is 37.1 Å². The Kier molecular flexibility index (Phi) is 4.80. The predicted molar refractivity (Wildman–Crippen MR) is 108 cm³/mol. The monoisotopic (exact) mass is 399 g/mol. The van der Waals surface area contributed by atoms with E-state index in [2.05, 4.69) is 20.9 Å². The Balaban J connectivity index is 1.65. The van der Waals surface area contributed by atoms with E-state index in [1.54, 1.807) is 6.07 Å². The van der Waals surface area contributed by atoms with E-state index in [1.807, 2.05) is 61.0 Å². The van der Waals surface area contributed by atoms with E-state index in [-0.39, 0.29) is 11.9 Å². The molecule has 27 heavy (non-hydrogen) atoms. The third kappa shape index (κ3) is 3.52. The summed E-state index contributed by atoms with van der Waals surface area (Å²) in [6.45, 7) is 3.80. The zero-order valence-electron chi connectivity index (χ0n) is 14.8. The zero-order chi connectivity index (χ0) is 19.0. The quantitative estimate of drug-likeness (QED) is 0.697. The molecule has 1 aliphatic heterocycles. The van der Waals surface area contributed by atoms with Crippen molar-refractivity contribution >= 4 is 35.0 Å². The van der Waals surface area contributed by atoms with Crippen LogP contribution in [-0.2, 0) is 4.79 Å². The Morgan fingerprint density at radius 2 is 1.96 bits per heavy atom. The van der Waals surface area contributed by atoms with Crippen LogP contribution in [0.5, 0.6) is 0 Å². The summed E-state index contributed by atoms with van der Waals surface area (Å²) in [6, 6.07) is 15.2. The summed E-state index contributed by atoms with van der Waals surface area (Å²) in [6.07, 6.45) is 0. The second kappa shape index (κ2) is 7.25. The van der Waals surface area contributed by atoms with Gasteiger partial charge in [-0.15, -0.1) is 10.2 Å². The highest BCUT2D eigenvalue weighted by atomic mass is 35.5. The molecular weight excluding hydrogens is 382 g/mol. The number of rotatable bonds is 3. The van der Waals surface area contributed by atoms with E-state index in [0.29, 0.717) is 15.9 Å². The van der Waals surface area contributed by atoms with Crippen molar-refractivity contribution in [3.8, 4) is 0 Å². The summed E-state index contributed by atoms with van der Waals surface area (Å²) < 4.78 is 1.83. The molecule has 2 unspecified atom stereocenters. The summed E-state index contributed by atoms with van der Waals surface area (Å²) in [5, 5.41) is 12.1. The molecule has 2 heterocycles. The van der Waals surface area contributed by atoms with E-state index in [0.717, 1.165) is 17.0 Å². The Morgan fingerprint density at radius 1 is 1.19 bits per heavy atom. The van der Waals surface area contributed by atoms with Crippen molar-refractivity contribution in [2.45, 2.75) is 30.3 Å². The first-order valence-electron chi connectivity index (χ1n) is 8.50. The van der Waals surface area contributed by atoms with E-state index >= 15 is 0 Å². The van der Waals surface area contributed by atoms with Crippen LogP contribution >= 0.6 is 23.4 Å². The summed E-state index contributed by atoms with van der Waals surface area (Å²) >= 11 is 7.58. The first kappa shape index (κ1) is 17.9. The van der Waals surface area contributed by atoms with Gasteiger partial charge in [0.2, 0.25) is 11.1 Å². The van der Waals surface area contributed by atoms with Gasteiger partial charge in [0, 0.05) is 10.7 Å². The van der Waals surface area contributed by atoms with Crippen LogP contribution in [0.3, 0.4) is 0 Å². The van der Waals surface area contributed by atoms with Crippen LogP contribution in [0.25, 0.3) is 0 Å². The Bertz CT molecular complexity index is 991. The molecule has 0 spiro atoms. The van der Waals surface area contributed by atoms with Gasteiger partial charge >= 0.3 is 0 Å². The highest BCUT2D eigenvalue weighted by Crippen LogP contribution is 2.37. The summed E-state index contributed by atoms with van der Waals surface area (Å²) in [7, 11) is 0. The van der Waals surface area contributed by atoms with E-state index in [1.165, 1.54) is 11.8 Å². The Hall–Kier alpha value is -2.51. The van der Waals surface area contributed by atoms with E-state index in [4.69, 9.17) is 11.6 Å². The molecule has 0 radical (unpaired) electrons. The highest BCUT2D eigenvalue weighted by Gasteiger charge is 2.37. The van der Waals surface area contributed by atoms with Gasteiger partial charge in [-0.3, -0.25) is 4.79 Å². The number of hydrogen-bond donors (Lipinski definition) is 2. The molecule has 0 saturated heterocycles. The zero-order valence-corrected chi connectivity index (χ0v) is 16.4. The lowest BCUT2D eigenvalue weighted by Gasteiger charge is -2.32. The van der Waals surface area contributed by atoms with Gasteiger partial charge < -0.3 is 10.7 Å². The molecule has 8 heteroatoms. The smallest absolute Gasteiger partial charge is 0.240 e. The van der Waals surface area contributed by atoms with Crippen LogP contribution in [0.15, 0.2) is 53.7 Å². The second-order valence-corrected chi connectivity index (χ2v) is 7.89. The summed E-state index contributed by atoms with van der Waals surface area (Å²) in [5.41, 5.74) is 6.04. The van der Waals surface area contributed by atoms with Gasteiger partial charge in [0.15, 0.2) is 0 Å². The minimum atomic E-state index is -0.413. The molecule has 1 aromatic heterocycles. The minimum absolute atomic E-state index is 0.117. The number of thioether (sulfide) groups is 1. The second-order valence-electron chi connectivity index (χ2n) is 6.37. The molecule has 4 rings (SSSR count). The van der Waals surface area contributed by atoms with Gasteiger partial charge in [0.1, 0.15) is 11.1 Å². The van der Waals surface area contributed by atoms with Crippen molar-refractivity contribution in [3.05, 3.63) is 70.5 Å². The van der Waals surface area contributed by atoms with Gasteiger partial charge in [0.25, 0.3) is 0 Å². The lowest BCUT2D eigenvalue weighted by atomic mass is 10.0. The lowest BCUT2D eigenvalue weighted by Crippen LogP contribution is -2.41. The van der Waals surface area contributed by atoms with E-state index in [9.17, 15) is 4.79 Å². The molecule has 138 valence electrons. The number of benzene rings is 2. The number of aryl methyl sites for hydroxylation is 2. The number of amides is 1. The Morgan fingerprint density at radius 3 is 2.70 bits per heavy atom. The maximum atomic E-state index is 13.1. The number of hydrogen-bond acceptors (Lipinski definition) is 5. The van der Waals surface area contributed by atoms with Crippen molar-refractivity contribution in [2.24, 2.45) is 0 Å². The highest BCUT2D eigenvalue weighted by molar-refractivity contribution is 8.00. The molecule has 0 saturated carbocycles. The van der Waals surface area contributed by atoms with Crippen molar-refractivity contribution in [1.29, 1.82) is 0 Å². The average molecular weight is 400 g/mol. The number of nitrogens with zero attached hydrogens (tertiary/aromatic N) is 3. The van der Waals surface area contributed by atoms with Crippen LogP contribution < -0.4 is 10.7 Å². The van der Waals surface area contributed by atoms with Crippen molar-refractivity contribution < 1.29 is 4.79 Å². The number of carbonyl (C=O) groups excluding carboxylic acids is 1. The first-order valence-corrected chi connectivity index (χ1v) is 9.76. The Labute approximate surface area is 166 Å². The van der Waals surface area contributed by atoms with E-state index < -0.39 is 5.25 Å². The first-order chi connectivity index (χ1) is 13.0. The van der Waals surface area contributed by atoms with Crippen LogP contribution in [-0.4, -0.2) is 26.0 Å². The molecule has 0 bridgehead atoms. The molecule has 6 nitrogen and oxygen atoms in total. The van der Waals surface area contributed by atoms with Gasteiger partial charge in [-0.2, -0.15) is 0 Å². The van der Waals surface area contributed by atoms with Crippen LogP contribution in [0.4, 0.5) is 5.69 Å². The fourth-order valence-electron chi connectivity index (χ4n) is 2.95. The van der Waals surface area contributed by atoms with Crippen LogP contribution in [0.2, 0.25) is 5.02 Å². The standard InChI is InChI=1S/C19H18ClN5OS/c1-11-8-9-14(10-15(11)20)21-18(26)17-16(13-6-4-3-5-7-13)24-25-12(2)22-23-19(25)27-17/h3-10,16-17,24H,1-2H3,(H,21,26). The maximum absolute atomic E-state index is 13.1. The number of nitrogens with one attached hydrogen (secondary N) is 2. The predicted octanol–water partition coefficient (Wildman–Crippen LogP) is 3.95. The van der Waals surface area contributed by atoms with Crippen molar-refractivity contribution in [1.82, 2.24) is 14.9 Å².